The van der Waals surface area contributed by atoms with Gasteiger partial charge in [0.05, 0.1) is 0 Å². The lowest BCUT2D eigenvalue weighted by molar-refractivity contribution is 1.69. The Morgan fingerprint density at radius 1 is 0.520 bits per heavy atom. The van der Waals surface area contributed by atoms with E-state index in [-0.39, 0.29) is 0 Å². The molecule has 4 aromatic rings. The lowest BCUT2D eigenvalue weighted by Crippen LogP contribution is -2.22. The Balaban J connectivity index is 1.96. The van der Waals surface area contributed by atoms with Gasteiger partial charge in [-0.05, 0) is 52.8 Å². The standard InChI is InChI=1S/C22H15Br2P/c23-19-9-3-5-11-21(19)25(22-12-6-4-10-20(22)24)18-14-13-16-7-1-2-8-17(16)15-18/h1-15H. The third kappa shape index (κ3) is 3.44. The summed E-state index contributed by atoms with van der Waals surface area (Å²) in [5, 5.41) is 6.58. The van der Waals surface area contributed by atoms with Crippen molar-refractivity contribution in [2.24, 2.45) is 0 Å². The van der Waals surface area contributed by atoms with Crippen LogP contribution in [-0.2, 0) is 0 Å². The highest BCUT2D eigenvalue weighted by atomic mass is 79.9. The molecular weight excluding hydrogens is 455 g/mol. The Labute approximate surface area is 165 Å². The molecule has 0 aliphatic heterocycles. The van der Waals surface area contributed by atoms with E-state index >= 15 is 0 Å². The van der Waals surface area contributed by atoms with Crippen LogP contribution < -0.4 is 15.9 Å². The average Bonchev–Trinajstić information content (AvgIpc) is 2.65. The number of fused-ring (bicyclic) bond motifs is 1. The van der Waals surface area contributed by atoms with Gasteiger partial charge in [-0.15, -0.1) is 0 Å². The molecule has 3 heteroatoms. The molecule has 0 fully saturated rings. The van der Waals surface area contributed by atoms with Crippen molar-refractivity contribution in [1.29, 1.82) is 0 Å². The first kappa shape index (κ1) is 17.0. The van der Waals surface area contributed by atoms with E-state index in [1.807, 2.05) is 0 Å². The van der Waals surface area contributed by atoms with E-state index in [9.17, 15) is 0 Å². The molecule has 0 radical (unpaired) electrons. The van der Waals surface area contributed by atoms with E-state index in [1.165, 1.54) is 26.7 Å². The summed E-state index contributed by atoms with van der Waals surface area (Å²) in [5.74, 6) is 0. The Morgan fingerprint density at radius 3 is 1.64 bits per heavy atom. The van der Waals surface area contributed by atoms with Crippen LogP contribution in [0.15, 0.2) is 99.9 Å². The van der Waals surface area contributed by atoms with Crippen molar-refractivity contribution in [1.82, 2.24) is 0 Å². The molecule has 0 aliphatic carbocycles. The van der Waals surface area contributed by atoms with Crippen molar-refractivity contribution >= 4 is 66.5 Å². The van der Waals surface area contributed by atoms with Crippen LogP contribution in [0, 0.1) is 0 Å². The zero-order valence-electron chi connectivity index (χ0n) is 13.4. The van der Waals surface area contributed by atoms with Crippen LogP contribution in [0.4, 0.5) is 0 Å². The molecule has 0 heterocycles. The second-order valence-corrected chi connectivity index (χ2v) is 9.63. The van der Waals surface area contributed by atoms with Crippen molar-refractivity contribution in [3.63, 3.8) is 0 Å². The Kier molecular flexibility index (Phi) is 5.03. The lowest BCUT2D eigenvalue weighted by Gasteiger charge is -2.22. The zero-order valence-corrected chi connectivity index (χ0v) is 17.4. The molecule has 0 spiro atoms. The van der Waals surface area contributed by atoms with Crippen molar-refractivity contribution < 1.29 is 0 Å². The molecule has 0 atom stereocenters. The molecule has 4 aromatic carbocycles. The minimum Gasteiger partial charge on any atom is -0.0616 e. The van der Waals surface area contributed by atoms with Gasteiger partial charge in [0, 0.05) is 8.95 Å². The van der Waals surface area contributed by atoms with Crippen LogP contribution in [-0.4, -0.2) is 0 Å². The minimum absolute atomic E-state index is 0.655. The maximum Gasteiger partial charge on any atom is 0.0258 e. The maximum absolute atomic E-state index is 3.77. The highest BCUT2D eigenvalue weighted by Gasteiger charge is 2.21. The largest absolute Gasteiger partial charge is 0.0616 e. The summed E-state index contributed by atoms with van der Waals surface area (Å²) in [4.78, 5) is 0. The van der Waals surface area contributed by atoms with E-state index < -0.39 is 7.92 Å². The molecule has 4 rings (SSSR count). The smallest absolute Gasteiger partial charge is 0.0258 e. The van der Waals surface area contributed by atoms with Crippen LogP contribution >= 0.6 is 39.8 Å². The van der Waals surface area contributed by atoms with Gasteiger partial charge in [0.25, 0.3) is 0 Å². The first-order chi connectivity index (χ1) is 12.2. The van der Waals surface area contributed by atoms with Gasteiger partial charge in [0.1, 0.15) is 0 Å². The van der Waals surface area contributed by atoms with Gasteiger partial charge >= 0.3 is 0 Å². The third-order valence-corrected chi connectivity index (χ3v) is 8.71. The minimum atomic E-state index is -0.655. The highest BCUT2D eigenvalue weighted by molar-refractivity contribution is 9.11. The lowest BCUT2D eigenvalue weighted by atomic mass is 10.1. The highest BCUT2D eigenvalue weighted by Crippen LogP contribution is 2.38. The Hall–Kier alpha value is -1.47. The normalized spacial score (nSPS) is 11.2. The fourth-order valence-electron chi connectivity index (χ4n) is 2.99. The maximum atomic E-state index is 3.77. The fourth-order valence-corrected chi connectivity index (χ4v) is 6.98. The van der Waals surface area contributed by atoms with Gasteiger partial charge in [-0.2, -0.15) is 0 Å². The molecular formula is C22H15Br2P. The molecule has 0 aromatic heterocycles. The third-order valence-electron chi connectivity index (χ3n) is 4.18. The van der Waals surface area contributed by atoms with Crippen molar-refractivity contribution in [3.8, 4) is 0 Å². The van der Waals surface area contributed by atoms with E-state index in [0.717, 1.165) is 8.95 Å². The van der Waals surface area contributed by atoms with Gasteiger partial charge in [0.2, 0.25) is 0 Å². The molecule has 0 saturated heterocycles. The molecule has 25 heavy (non-hydrogen) atoms. The van der Waals surface area contributed by atoms with Crippen LogP contribution in [0.25, 0.3) is 10.8 Å². The van der Waals surface area contributed by atoms with Crippen molar-refractivity contribution in [2.45, 2.75) is 0 Å². The van der Waals surface area contributed by atoms with Gasteiger partial charge in [-0.3, -0.25) is 0 Å². The summed E-state index contributed by atoms with van der Waals surface area (Å²) in [6.07, 6.45) is 0. The van der Waals surface area contributed by atoms with E-state index in [2.05, 4.69) is 123 Å². The SMILES string of the molecule is Brc1ccccc1P(c1ccc2ccccc2c1)c1ccccc1Br. The number of hydrogen-bond acceptors (Lipinski definition) is 0. The molecule has 0 unspecified atom stereocenters. The fraction of sp³-hybridized carbons (Fsp3) is 0. The van der Waals surface area contributed by atoms with Crippen molar-refractivity contribution in [3.05, 3.63) is 99.9 Å². The van der Waals surface area contributed by atoms with Gasteiger partial charge in [-0.1, -0.05) is 105 Å². The van der Waals surface area contributed by atoms with Crippen LogP contribution in [0.3, 0.4) is 0 Å². The van der Waals surface area contributed by atoms with E-state index in [0.29, 0.717) is 0 Å². The second kappa shape index (κ2) is 7.41. The molecule has 0 saturated carbocycles. The summed E-state index contributed by atoms with van der Waals surface area (Å²) in [6, 6.07) is 32.5. The predicted octanol–water partition coefficient (Wildman–Crippen LogP) is 6.12. The molecule has 0 aliphatic rings. The molecule has 0 bridgehead atoms. The Morgan fingerprint density at radius 2 is 1.04 bits per heavy atom. The number of halogens is 2. The molecule has 0 nitrogen and oxygen atoms in total. The summed E-state index contributed by atoms with van der Waals surface area (Å²) in [6.45, 7) is 0. The summed E-state index contributed by atoms with van der Waals surface area (Å²) in [5.41, 5.74) is 0. The predicted molar refractivity (Wildman–Crippen MR) is 118 cm³/mol. The van der Waals surface area contributed by atoms with Crippen LogP contribution in [0.2, 0.25) is 0 Å². The number of hydrogen-bond donors (Lipinski definition) is 0. The first-order valence-electron chi connectivity index (χ1n) is 8.02. The van der Waals surface area contributed by atoms with E-state index in [4.69, 9.17) is 0 Å². The van der Waals surface area contributed by atoms with Crippen molar-refractivity contribution in [2.75, 3.05) is 0 Å². The molecule has 0 amide bonds. The number of rotatable bonds is 3. The van der Waals surface area contributed by atoms with Crippen LogP contribution in [0.5, 0.6) is 0 Å². The van der Waals surface area contributed by atoms with Gasteiger partial charge < -0.3 is 0 Å². The Bertz CT molecular complexity index is 997. The van der Waals surface area contributed by atoms with E-state index in [1.54, 1.807) is 0 Å². The quantitative estimate of drug-likeness (QED) is 0.317. The summed E-state index contributed by atoms with van der Waals surface area (Å²) < 4.78 is 2.31. The topological polar surface area (TPSA) is 0 Å². The summed E-state index contributed by atoms with van der Waals surface area (Å²) >= 11 is 7.53. The second-order valence-electron chi connectivity index (χ2n) is 5.77. The molecule has 0 N–H and O–H groups in total. The average molecular weight is 470 g/mol. The summed E-state index contributed by atoms with van der Waals surface area (Å²) in [7, 11) is -0.655. The monoisotopic (exact) mass is 468 g/mol. The van der Waals surface area contributed by atoms with Gasteiger partial charge in [-0.25, -0.2) is 0 Å². The van der Waals surface area contributed by atoms with Gasteiger partial charge in [0.15, 0.2) is 0 Å². The zero-order chi connectivity index (χ0) is 17.2. The van der Waals surface area contributed by atoms with Crippen LogP contribution in [0.1, 0.15) is 0 Å². The number of benzene rings is 4. The first-order valence-corrected chi connectivity index (χ1v) is 10.9. The molecule has 122 valence electrons.